The number of rotatable bonds is 8. The van der Waals surface area contributed by atoms with Crippen molar-refractivity contribution in [3.05, 3.63) is 83.9 Å². The highest BCUT2D eigenvalue weighted by atomic mass is 32.2. The van der Waals surface area contributed by atoms with Gasteiger partial charge in [0.15, 0.2) is 5.75 Å². The number of aromatic hydroxyl groups is 1. The van der Waals surface area contributed by atoms with Crippen LogP contribution in [0.4, 0.5) is 28.4 Å². The summed E-state index contributed by atoms with van der Waals surface area (Å²) in [6, 6.07) is 14.2. The first-order valence-electron chi connectivity index (χ1n) is 12.6. The Labute approximate surface area is 258 Å². The van der Waals surface area contributed by atoms with Gasteiger partial charge in [0.1, 0.15) is 16.3 Å². The summed E-state index contributed by atoms with van der Waals surface area (Å²) in [5.74, 6) is -3.45. The van der Waals surface area contributed by atoms with Gasteiger partial charge in [0.25, 0.3) is 20.2 Å². The average Bonchev–Trinajstić information content (AvgIpc) is 2.98. The van der Waals surface area contributed by atoms with E-state index < -0.39 is 64.7 Å². The van der Waals surface area contributed by atoms with Crippen LogP contribution in [0.2, 0.25) is 0 Å². The Morgan fingerprint density at radius 2 is 1.28 bits per heavy atom. The minimum atomic E-state index is -4.93. The van der Waals surface area contributed by atoms with Gasteiger partial charge < -0.3 is 21.1 Å². The molecule has 0 aliphatic rings. The highest BCUT2D eigenvalue weighted by Gasteiger charge is 2.23. The monoisotopic (exact) mass is 665 g/mol. The molecule has 0 saturated heterocycles. The zero-order valence-corrected chi connectivity index (χ0v) is 24.4. The van der Waals surface area contributed by atoms with Gasteiger partial charge in [-0.05, 0) is 66.0 Å². The SMILES string of the molecule is Nc1ccc2cc(S(=O)(=O)O)c(N=Nc3ccc(N=Nc4cc(S(=O)(=O)O)ccc4C(=O)O)c4ccc(C(=O)O)cc34)c(O)c2c1. The van der Waals surface area contributed by atoms with Gasteiger partial charge in [-0.2, -0.15) is 16.8 Å². The number of aromatic carboxylic acids is 2. The van der Waals surface area contributed by atoms with Crippen molar-refractivity contribution in [2.75, 3.05) is 5.73 Å². The third-order valence-corrected chi connectivity index (χ3v) is 8.31. The summed E-state index contributed by atoms with van der Waals surface area (Å²) in [5, 5.41) is 46.3. The fourth-order valence-corrected chi connectivity index (χ4v) is 5.58. The molecular weight excluding hydrogens is 646 g/mol. The molecule has 0 heterocycles. The van der Waals surface area contributed by atoms with Crippen LogP contribution in [0, 0.1) is 0 Å². The van der Waals surface area contributed by atoms with Crippen LogP contribution in [0.3, 0.4) is 0 Å². The largest absolute Gasteiger partial charge is 0.505 e. The third kappa shape index (κ3) is 6.21. The van der Waals surface area contributed by atoms with Gasteiger partial charge in [-0.25, -0.2) is 9.59 Å². The van der Waals surface area contributed by atoms with Crippen LogP contribution in [-0.2, 0) is 20.2 Å². The molecular formula is C28H19N5O11S2. The molecule has 0 fully saturated rings. The Morgan fingerprint density at radius 1 is 0.630 bits per heavy atom. The number of carbonyl (C=O) groups is 2. The van der Waals surface area contributed by atoms with Crippen molar-refractivity contribution in [1.82, 2.24) is 0 Å². The molecule has 0 aliphatic heterocycles. The first-order valence-corrected chi connectivity index (χ1v) is 15.4. The minimum absolute atomic E-state index is 0.0298. The number of nitrogens with two attached hydrogens (primary N) is 1. The highest BCUT2D eigenvalue weighted by Crippen LogP contribution is 2.43. The highest BCUT2D eigenvalue weighted by molar-refractivity contribution is 7.86. The summed E-state index contributed by atoms with van der Waals surface area (Å²) in [5.41, 5.74) is 4.32. The van der Waals surface area contributed by atoms with Crippen LogP contribution in [0.25, 0.3) is 21.5 Å². The number of benzene rings is 5. The van der Waals surface area contributed by atoms with E-state index in [0.29, 0.717) is 0 Å². The van der Waals surface area contributed by atoms with Gasteiger partial charge >= 0.3 is 11.9 Å². The molecule has 46 heavy (non-hydrogen) atoms. The number of phenols is 1. The van der Waals surface area contributed by atoms with E-state index >= 15 is 0 Å². The zero-order valence-electron chi connectivity index (χ0n) is 22.8. The Morgan fingerprint density at radius 3 is 1.91 bits per heavy atom. The van der Waals surface area contributed by atoms with Crippen LogP contribution in [0.1, 0.15) is 20.7 Å². The van der Waals surface area contributed by atoms with E-state index in [-0.39, 0.29) is 44.2 Å². The molecule has 5 aromatic carbocycles. The Balaban J connectivity index is 1.69. The molecule has 5 aromatic rings. The predicted octanol–water partition coefficient (Wildman–Crippen LogP) is 6.00. The molecule has 0 bridgehead atoms. The second kappa shape index (κ2) is 11.6. The van der Waals surface area contributed by atoms with Gasteiger partial charge in [0.2, 0.25) is 0 Å². The second-order valence-corrected chi connectivity index (χ2v) is 12.4. The number of nitrogens with zero attached hydrogens (tertiary/aromatic N) is 4. The second-order valence-electron chi connectivity index (χ2n) is 9.56. The first kappa shape index (κ1) is 31.6. The van der Waals surface area contributed by atoms with Gasteiger partial charge in [-0.15, -0.1) is 20.5 Å². The maximum Gasteiger partial charge on any atom is 0.337 e. The lowest BCUT2D eigenvalue weighted by Crippen LogP contribution is -2.01. The number of carboxylic acid groups (broad SMARTS) is 2. The number of azo groups is 2. The number of phenolic OH excluding ortho intramolecular Hbond substituents is 1. The molecule has 16 nitrogen and oxygen atoms in total. The normalized spacial score (nSPS) is 12.4. The average molecular weight is 666 g/mol. The van der Waals surface area contributed by atoms with E-state index in [9.17, 15) is 50.8 Å². The summed E-state index contributed by atoms with van der Waals surface area (Å²) in [4.78, 5) is 22.0. The maximum absolute atomic E-state index is 12.2. The molecule has 0 aromatic heterocycles. The fourth-order valence-electron chi connectivity index (χ4n) is 4.42. The molecule has 7 N–H and O–H groups in total. The lowest BCUT2D eigenvalue weighted by molar-refractivity contribution is 0.0686. The molecule has 0 spiro atoms. The number of hydrogen-bond acceptors (Lipinski definition) is 12. The van der Waals surface area contributed by atoms with E-state index in [1.54, 1.807) is 0 Å². The molecule has 0 atom stereocenters. The Bertz CT molecular complexity index is 2410. The Kier molecular flexibility index (Phi) is 7.97. The summed E-state index contributed by atoms with van der Waals surface area (Å²) < 4.78 is 66.7. The summed E-state index contributed by atoms with van der Waals surface area (Å²) in [6.45, 7) is 0. The van der Waals surface area contributed by atoms with Gasteiger partial charge in [-0.1, -0.05) is 12.1 Å². The fraction of sp³-hybridized carbons (Fsp3) is 0. The quantitative estimate of drug-likeness (QED) is 0.0632. The number of fused-ring (bicyclic) bond motifs is 2. The first-order chi connectivity index (χ1) is 21.5. The summed E-state index contributed by atoms with van der Waals surface area (Å²) in [7, 11) is -9.64. The van der Waals surface area contributed by atoms with Gasteiger partial charge in [0.05, 0.1) is 27.4 Å². The van der Waals surface area contributed by atoms with E-state index in [0.717, 1.165) is 24.3 Å². The number of anilines is 1. The maximum atomic E-state index is 12.2. The van der Waals surface area contributed by atoms with Crippen LogP contribution in [0.15, 0.2) is 103 Å². The predicted molar refractivity (Wildman–Crippen MR) is 162 cm³/mol. The lowest BCUT2D eigenvalue weighted by Gasteiger charge is -2.10. The van der Waals surface area contributed by atoms with Crippen molar-refractivity contribution >= 4 is 82.2 Å². The summed E-state index contributed by atoms with van der Waals surface area (Å²) in [6.07, 6.45) is 0. The van der Waals surface area contributed by atoms with Crippen LogP contribution < -0.4 is 5.73 Å². The van der Waals surface area contributed by atoms with Crippen molar-refractivity contribution in [3.8, 4) is 5.75 Å². The molecule has 0 amide bonds. The van der Waals surface area contributed by atoms with Gasteiger partial charge in [0, 0.05) is 21.8 Å². The lowest BCUT2D eigenvalue weighted by atomic mass is 10.0. The molecule has 0 radical (unpaired) electrons. The van der Waals surface area contributed by atoms with E-state index in [4.69, 9.17) is 5.73 Å². The summed E-state index contributed by atoms with van der Waals surface area (Å²) >= 11 is 0. The van der Waals surface area contributed by atoms with Crippen LogP contribution in [-0.4, -0.2) is 53.2 Å². The van der Waals surface area contributed by atoms with E-state index in [1.807, 2.05) is 0 Å². The molecule has 5 rings (SSSR count). The smallest absolute Gasteiger partial charge is 0.337 e. The molecule has 0 unspecified atom stereocenters. The van der Waals surface area contributed by atoms with Crippen molar-refractivity contribution in [2.45, 2.75) is 9.79 Å². The Hall–Kier alpha value is -5.82. The number of carboxylic acids is 2. The molecule has 0 saturated carbocycles. The number of nitrogen functional groups attached to an aromatic ring is 1. The van der Waals surface area contributed by atoms with Crippen molar-refractivity contribution in [1.29, 1.82) is 0 Å². The zero-order chi connectivity index (χ0) is 33.6. The van der Waals surface area contributed by atoms with E-state index in [2.05, 4.69) is 20.5 Å². The molecule has 234 valence electrons. The third-order valence-electron chi connectivity index (χ3n) is 6.59. The van der Waals surface area contributed by atoms with Crippen molar-refractivity contribution < 1.29 is 50.8 Å². The topological polar surface area (TPSA) is 279 Å². The standard InChI is InChI=1S/C28H19N5O11S2/c29-15-3-1-13-10-24(46(42,43)44)25(26(34)19(13)11-15)33-31-22-8-7-21(17-5-2-14(27(35)36)9-20(17)22)30-32-23-12-16(45(39,40)41)4-6-18(23)28(37)38/h1-12,34H,29H2,(H,35,36)(H,37,38)(H,39,40,41)(H,42,43,44). The number of hydrogen-bond donors (Lipinski definition) is 6. The van der Waals surface area contributed by atoms with Gasteiger partial charge in [-0.3, -0.25) is 9.11 Å². The molecule has 0 aliphatic carbocycles. The van der Waals surface area contributed by atoms with Crippen molar-refractivity contribution in [3.63, 3.8) is 0 Å². The van der Waals surface area contributed by atoms with E-state index in [1.165, 1.54) is 48.5 Å². The van der Waals surface area contributed by atoms with Crippen molar-refractivity contribution in [2.24, 2.45) is 20.5 Å². The van der Waals surface area contributed by atoms with Crippen LogP contribution >= 0.6 is 0 Å². The molecule has 18 heteroatoms. The van der Waals surface area contributed by atoms with Crippen LogP contribution in [0.5, 0.6) is 5.75 Å². The minimum Gasteiger partial charge on any atom is -0.505 e.